The SMILES string of the molecule is Cc1ccn2c(CC3CN(C)CCO3)c(-c3c(F)cc(-n4ccc(C5(C=O)CC5)c4)cc3F)nc2c1. The molecule has 1 unspecified atom stereocenters. The van der Waals surface area contributed by atoms with Gasteiger partial charge in [0, 0.05) is 38.1 Å². The molecule has 1 saturated carbocycles. The zero-order valence-electron chi connectivity index (χ0n) is 20.4. The first-order valence-corrected chi connectivity index (χ1v) is 12.3. The number of fused-ring (bicyclic) bond motifs is 1. The van der Waals surface area contributed by atoms with E-state index < -0.39 is 17.0 Å². The molecule has 0 amide bonds. The highest BCUT2D eigenvalue weighted by atomic mass is 19.1. The fourth-order valence-electron chi connectivity index (χ4n) is 5.19. The largest absolute Gasteiger partial charge is 0.375 e. The minimum Gasteiger partial charge on any atom is -0.375 e. The van der Waals surface area contributed by atoms with Crippen LogP contribution in [0.15, 0.2) is 48.9 Å². The van der Waals surface area contributed by atoms with Crippen LogP contribution in [0.4, 0.5) is 8.78 Å². The second-order valence-corrected chi connectivity index (χ2v) is 10.2. The molecule has 36 heavy (non-hydrogen) atoms. The number of ether oxygens (including phenoxy) is 1. The zero-order chi connectivity index (χ0) is 25.0. The van der Waals surface area contributed by atoms with E-state index in [4.69, 9.17) is 4.74 Å². The van der Waals surface area contributed by atoms with Crippen molar-refractivity contribution < 1.29 is 18.3 Å². The number of carbonyl (C=O) groups is 1. The number of rotatable bonds is 6. The van der Waals surface area contributed by atoms with Crippen LogP contribution in [0.2, 0.25) is 0 Å². The molecule has 186 valence electrons. The molecule has 2 fully saturated rings. The number of imidazole rings is 1. The highest BCUT2D eigenvalue weighted by Gasteiger charge is 2.44. The van der Waals surface area contributed by atoms with Gasteiger partial charge in [-0.2, -0.15) is 0 Å². The average Bonchev–Trinajstić information content (AvgIpc) is 3.35. The Labute approximate surface area is 208 Å². The van der Waals surface area contributed by atoms with Crippen LogP contribution in [0, 0.1) is 18.6 Å². The fraction of sp³-hybridized carbons (Fsp3) is 0.357. The Kier molecular flexibility index (Phi) is 5.53. The second-order valence-electron chi connectivity index (χ2n) is 10.2. The molecule has 1 aliphatic heterocycles. The van der Waals surface area contributed by atoms with E-state index in [0.717, 1.165) is 49.0 Å². The zero-order valence-corrected chi connectivity index (χ0v) is 20.4. The van der Waals surface area contributed by atoms with E-state index in [1.54, 1.807) is 17.0 Å². The van der Waals surface area contributed by atoms with Crippen LogP contribution in [-0.2, 0) is 21.4 Å². The molecule has 6 nitrogen and oxygen atoms in total. The van der Waals surface area contributed by atoms with Gasteiger partial charge >= 0.3 is 0 Å². The molecule has 0 bridgehead atoms. The summed E-state index contributed by atoms with van der Waals surface area (Å²) in [4.78, 5) is 18.4. The second kappa shape index (κ2) is 8.64. The van der Waals surface area contributed by atoms with E-state index in [2.05, 4.69) is 9.88 Å². The number of aldehydes is 1. The van der Waals surface area contributed by atoms with Crippen molar-refractivity contribution in [3.63, 3.8) is 0 Å². The smallest absolute Gasteiger partial charge is 0.137 e. The maximum atomic E-state index is 15.6. The predicted octanol–water partition coefficient (Wildman–Crippen LogP) is 4.48. The van der Waals surface area contributed by atoms with Crippen LogP contribution in [0.1, 0.15) is 29.7 Å². The lowest BCUT2D eigenvalue weighted by molar-refractivity contribution is -0.109. The average molecular weight is 491 g/mol. The molecule has 0 spiro atoms. The van der Waals surface area contributed by atoms with Gasteiger partial charge in [-0.25, -0.2) is 13.8 Å². The Morgan fingerprint density at radius 2 is 1.94 bits per heavy atom. The molecular formula is C28H28F2N4O2. The molecule has 4 heterocycles. The number of pyridine rings is 1. The summed E-state index contributed by atoms with van der Waals surface area (Å²) in [6.07, 6.45) is 8.39. The third-order valence-electron chi connectivity index (χ3n) is 7.49. The van der Waals surface area contributed by atoms with E-state index in [9.17, 15) is 4.79 Å². The number of halogens is 2. The Morgan fingerprint density at radius 1 is 1.17 bits per heavy atom. The fourth-order valence-corrected chi connectivity index (χ4v) is 5.19. The van der Waals surface area contributed by atoms with Crippen molar-refractivity contribution in [2.24, 2.45) is 0 Å². The van der Waals surface area contributed by atoms with Crippen LogP contribution in [0.25, 0.3) is 22.6 Å². The minimum atomic E-state index is -0.681. The maximum Gasteiger partial charge on any atom is 0.137 e. The lowest BCUT2D eigenvalue weighted by Crippen LogP contribution is -2.41. The number of nitrogens with zero attached hydrogens (tertiary/aromatic N) is 4. The Balaban J connectivity index is 1.42. The Hall–Kier alpha value is -3.36. The summed E-state index contributed by atoms with van der Waals surface area (Å²) in [5, 5.41) is 0. The normalized spacial score (nSPS) is 19.6. The minimum absolute atomic E-state index is 0.0973. The van der Waals surface area contributed by atoms with Gasteiger partial charge in [0.15, 0.2) is 0 Å². The number of morpholine rings is 1. The van der Waals surface area contributed by atoms with Gasteiger partial charge < -0.3 is 23.4 Å². The summed E-state index contributed by atoms with van der Waals surface area (Å²) in [6, 6.07) is 8.36. The van der Waals surface area contributed by atoms with Gasteiger partial charge in [0.1, 0.15) is 23.6 Å². The number of hydrogen-bond donors (Lipinski definition) is 0. The Bertz CT molecular complexity index is 1450. The number of carbonyl (C=O) groups excluding carboxylic acids is 1. The molecule has 1 atom stereocenters. The summed E-state index contributed by atoms with van der Waals surface area (Å²) < 4.78 is 40.8. The van der Waals surface area contributed by atoms with E-state index in [1.165, 1.54) is 12.1 Å². The number of benzene rings is 1. The van der Waals surface area contributed by atoms with Crippen LogP contribution in [-0.4, -0.2) is 58.0 Å². The third-order valence-corrected chi connectivity index (χ3v) is 7.49. The van der Waals surface area contributed by atoms with Gasteiger partial charge in [0.2, 0.25) is 0 Å². The molecule has 1 aliphatic carbocycles. The van der Waals surface area contributed by atoms with E-state index in [1.807, 2.05) is 42.8 Å². The van der Waals surface area contributed by atoms with Crippen LogP contribution in [0.5, 0.6) is 0 Å². The van der Waals surface area contributed by atoms with Gasteiger partial charge in [-0.15, -0.1) is 0 Å². The molecule has 8 heteroatoms. The molecule has 0 N–H and O–H groups in total. The number of hydrogen-bond acceptors (Lipinski definition) is 4. The quantitative estimate of drug-likeness (QED) is 0.374. The molecule has 1 saturated heterocycles. The van der Waals surface area contributed by atoms with Crippen molar-refractivity contribution in [3.05, 3.63) is 77.4 Å². The van der Waals surface area contributed by atoms with Crippen molar-refractivity contribution in [1.29, 1.82) is 0 Å². The van der Waals surface area contributed by atoms with Gasteiger partial charge in [-0.3, -0.25) is 0 Å². The number of aromatic nitrogens is 3. The molecule has 4 aromatic rings. The summed E-state index contributed by atoms with van der Waals surface area (Å²) >= 11 is 0. The molecule has 1 aromatic carbocycles. The monoisotopic (exact) mass is 490 g/mol. The highest BCUT2D eigenvalue weighted by Crippen LogP contribution is 2.46. The van der Waals surface area contributed by atoms with Crippen molar-refractivity contribution in [2.75, 3.05) is 26.7 Å². The summed E-state index contributed by atoms with van der Waals surface area (Å²) in [7, 11) is 2.04. The standard InChI is InChI=1S/C28H28F2N4O2/c1-18-3-8-34-24(14-21-16-32(2)9-10-36-21)27(31-25(34)11-18)26-22(29)12-20(13-23(26)30)33-7-4-19(15-33)28(17-35)5-6-28/h3-4,7-8,11-13,15,17,21H,5-6,9-10,14,16H2,1-2H3. The molecule has 6 rings (SSSR count). The number of aryl methyl sites for hydroxylation is 1. The third kappa shape index (κ3) is 3.94. The lowest BCUT2D eigenvalue weighted by atomic mass is 10.0. The van der Waals surface area contributed by atoms with Crippen LogP contribution >= 0.6 is 0 Å². The van der Waals surface area contributed by atoms with E-state index >= 15 is 8.78 Å². The summed E-state index contributed by atoms with van der Waals surface area (Å²) in [6.45, 7) is 4.18. The van der Waals surface area contributed by atoms with Crippen LogP contribution in [0.3, 0.4) is 0 Å². The topological polar surface area (TPSA) is 51.8 Å². The first kappa shape index (κ1) is 23.1. The predicted molar refractivity (Wildman–Crippen MR) is 133 cm³/mol. The van der Waals surface area contributed by atoms with Crippen molar-refractivity contribution in [3.8, 4) is 16.9 Å². The molecular weight excluding hydrogens is 462 g/mol. The first-order chi connectivity index (χ1) is 17.4. The van der Waals surface area contributed by atoms with Gasteiger partial charge in [0.05, 0.1) is 40.8 Å². The Morgan fingerprint density at radius 3 is 2.64 bits per heavy atom. The van der Waals surface area contributed by atoms with E-state index in [-0.39, 0.29) is 11.7 Å². The van der Waals surface area contributed by atoms with Gasteiger partial charge in [-0.1, -0.05) is 0 Å². The maximum absolute atomic E-state index is 15.6. The molecule has 0 radical (unpaired) electrons. The number of likely N-dealkylation sites (N-methyl/N-ethyl adjacent to an activating group) is 1. The summed E-state index contributed by atoms with van der Waals surface area (Å²) in [5.74, 6) is -1.36. The highest BCUT2D eigenvalue weighted by molar-refractivity contribution is 5.73. The van der Waals surface area contributed by atoms with Crippen molar-refractivity contribution in [2.45, 2.75) is 37.7 Å². The van der Waals surface area contributed by atoms with Crippen molar-refractivity contribution >= 4 is 11.9 Å². The molecule has 3 aromatic heterocycles. The van der Waals surface area contributed by atoms with Crippen molar-refractivity contribution in [1.82, 2.24) is 18.9 Å². The van der Waals surface area contributed by atoms with E-state index in [0.29, 0.717) is 30.1 Å². The van der Waals surface area contributed by atoms with Crippen LogP contribution < -0.4 is 0 Å². The van der Waals surface area contributed by atoms with Gasteiger partial charge in [0.25, 0.3) is 0 Å². The summed E-state index contributed by atoms with van der Waals surface area (Å²) in [5.41, 5.74) is 3.33. The van der Waals surface area contributed by atoms with Gasteiger partial charge in [-0.05, 0) is 68.3 Å². The molecule has 2 aliphatic rings. The lowest BCUT2D eigenvalue weighted by Gasteiger charge is -2.30. The first-order valence-electron chi connectivity index (χ1n) is 12.3.